The first-order valence-electron chi connectivity index (χ1n) is 6.63. The van der Waals surface area contributed by atoms with Crippen LogP contribution in [-0.4, -0.2) is 42.0 Å². The van der Waals surface area contributed by atoms with E-state index in [0.717, 1.165) is 25.9 Å². The molecule has 1 atom stereocenters. The average Bonchev–Trinajstić information content (AvgIpc) is 2.32. The van der Waals surface area contributed by atoms with E-state index in [9.17, 15) is 4.79 Å². The van der Waals surface area contributed by atoms with Crippen molar-refractivity contribution in [1.82, 2.24) is 10.2 Å². The van der Waals surface area contributed by atoms with Crippen LogP contribution in [0.25, 0.3) is 0 Å². The van der Waals surface area contributed by atoms with E-state index >= 15 is 0 Å². The summed E-state index contributed by atoms with van der Waals surface area (Å²) in [6.07, 6.45) is 2.08. The maximum atomic E-state index is 12.0. The highest BCUT2D eigenvalue weighted by Crippen LogP contribution is 2.24. The van der Waals surface area contributed by atoms with E-state index in [-0.39, 0.29) is 17.5 Å². The molecule has 1 aliphatic rings. The lowest BCUT2D eigenvalue weighted by molar-refractivity contribution is -0.126. The normalized spacial score (nSPS) is 25.8. The van der Waals surface area contributed by atoms with Gasteiger partial charge in [-0.25, -0.2) is 0 Å². The number of rotatable bonds is 4. The second-order valence-electron chi connectivity index (χ2n) is 5.98. The Balaban J connectivity index is 2.83. The summed E-state index contributed by atoms with van der Waals surface area (Å²) in [7, 11) is 0. The minimum atomic E-state index is -0.175. The van der Waals surface area contributed by atoms with Gasteiger partial charge in [0, 0.05) is 18.6 Å². The van der Waals surface area contributed by atoms with E-state index in [1.807, 2.05) is 0 Å². The van der Waals surface area contributed by atoms with Gasteiger partial charge in [-0.15, -0.1) is 0 Å². The number of hydrogen-bond donors (Lipinski definition) is 2. The van der Waals surface area contributed by atoms with E-state index in [4.69, 9.17) is 5.73 Å². The zero-order chi connectivity index (χ0) is 13.1. The maximum Gasteiger partial charge on any atom is 0.238 e. The summed E-state index contributed by atoms with van der Waals surface area (Å²) in [6.45, 7) is 10.9. The summed E-state index contributed by atoms with van der Waals surface area (Å²) < 4.78 is 0. The molecule has 0 aliphatic carbocycles. The van der Waals surface area contributed by atoms with Crippen LogP contribution >= 0.6 is 0 Å². The van der Waals surface area contributed by atoms with Crippen LogP contribution in [-0.2, 0) is 4.79 Å². The van der Waals surface area contributed by atoms with Crippen molar-refractivity contribution in [2.24, 2.45) is 11.7 Å². The number of nitrogens with two attached hydrogens (primary N) is 1. The molecule has 0 saturated carbocycles. The molecule has 17 heavy (non-hydrogen) atoms. The minimum absolute atomic E-state index is 0.0398. The Morgan fingerprint density at radius 3 is 2.71 bits per heavy atom. The molecule has 1 aliphatic heterocycles. The Morgan fingerprint density at radius 2 is 2.18 bits per heavy atom. The minimum Gasteiger partial charge on any atom is -0.355 e. The fourth-order valence-electron chi connectivity index (χ4n) is 2.41. The third-order valence-electron chi connectivity index (χ3n) is 3.66. The quantitative estimate of drug-likeness (QED) is 0.771. The second kappa shape index (κ2) is 5.83. The zero-order valence-electron chi connectivity index (χ0n) is 11.6. The fraction of sp³-hybridized carbons (Fsp3) is 0.923. The van der Waals surface area contributed by atoms with E-state index in [2.05, 4.69) is 37.9 Å². The van der Waals surface area contributed by atoms with Crippen LogP contribution in [0.1, 0.15) is 40.5 Å². The molecule has 100 valence electrons. The zero-order valence-corrected chi connectivity index (χ0v) is 11.6. The Kier molecular flexibility index (Phi) is 4.95. The number of carbonyl (C=O) groups is 1. The van der Waals surface area contributed by atoms with Crippen molar-refractivity contribution >= 4 is 5.91 Å². The molecule has 0 aromatic rings. The smallest absolute Gasteiger partial charge is 0.238 e. The van der Waals surface area contributed by atoms with Gasteiger partial charge in [0.15, 0.2) is 0 Å². The third-order valence-corrected chi connectivity index (χ3v) is 3.66. The van der Waals surface area contributed by atoms with Gasteiger partial charge >= 0.3 is 0 Å². The summed E-state index contributed by atoms with van der Waals surface area (Å²) >= 11 is 0. The second-order valence-corrected chi connectivity index (χ2v) is 5.98. The summed E-state index contributed by atoms with van der Waals surface area (Å²) in [5.41, 5.74) is 5.82. The molecule has 3 N–H and O–H groups in total. The molecular weight excluding hydrogens is 214 g/mol. The molecule has 0 aromatic carbocycles. The van der Waals surface area contributed by atoms with Crippen LogP contribution in [0.4, 0.5) is 0 Å². The van der Waals surface area contributed by atoms with Gasteiger partial charge in [-0.3, -0.25) is 9.69 Å². The lowest BCUT2D eigenvalue weighted by atomic mass is 9.95. The third kappa shape index (κ3) is 3.68. The first-order valence-corrected chi connectivity index (χ1v) is 6.63. The summed E-state index contributed by atoms with van der Waals surface area (Å²) in [5, 5.41) is 2.96. The van der Waals surface area contributed by atoms with Crippen LogP contribution in [0.2, 0.25) is 0 Å². The fourth-order valence-corrected chi connectivity index (χ4v) is 2.41. The topological polar surface area (TPSA) is 58.4 Å². The van der Waals surface area contributed by atoms with Crippen molar-refractivity contribution in [3.63, 3.8) is 0 Å². The van der Waals surface area contributed by atoms with E-state index in [1.54, 1.807) is 0 Å². The molecule has 1 amide bonds. The molecule has 4 nitrogen and oxygen atoms in total. The van der Waals surface area contributed by atoms with E-state index < -0.39 is 0 Å². The Hall–Kier alpha value is -0.610. The number of amides is 1. The Labute approximate surface area is 105 Å². The number of hydrogen-bond acceptors (Lipinski definition) is 3. The van der Waals surface area contributed by atoms with Crippen molar-refractivity contribution in [1.29, 1.82) is 0 Å². The maximum absolute atomic E-state index is 12.0. The molecule has 1 unspecified atom stereocenters. The Morgan fingerprint density at radius 1 is 1.53 bits per heavy atom. The SMILES string of the molecule is CC(C)CCN1C(CN)C(=O)NCCC1(C)C. The van der Waals surface area contributed by atoms with Crippen LogP contribution in [0.15, 0.2) is 0 Å². The molecule has 0 spiro atoms. The van der Waals surface area contributed by atoms with Crippen LogP contribution in [0, 0.1) is 5.92 Å². The molecule has 1 heterocycles. The molecule has 0 bridgehead atoms. The van der Waals surface area contributed by atoms with Crippen molar-refractivity contribution in [2.75, 3.05) is 19.6 Å². The van der Waals surface area contributed by atoms with Gasteiger partial charge in [-0.1, -0.05) is 13.8 Å². The van der Waals surface area contributed by atoms with Gasteiger partial charge < -0.3 is 11.1 Å². The van der Waals surface area contributed by atoms with Crippen molar-refractivity contribution in [3.05, 3.63) is 0 Å². The van der Waals surface area contributed by atoms with Crippen LogP contribution < -0.4 is 11.1 Å². The molecule has 1 fully saturated rings. The first-order chi connectivity index (χ1) is 7.88. The molecular formula is C13H27N3O. The van der Waals surface area contributed by atoms with Crippen molar-refractivity contribution in [2.45, 2.75) is 52.1 Å². The van der Waals surface area contributed by atoms with Crippen molar-refractivity contribution < 1.29 is 4.79 Å². The van der Waals surface area contributed by atoms with Crippen molar-refractivity contribution in [3.8, 4) is 0 Å². The Bertz CT molecular complexity index is 263. The summed E-state index contributed by atoms with van der Waals surface area (Å²) in [4.78, 5) is 14.2. The average molecular weight is 241 g/mol. The van der Waals surface area contributed by atoms with Gasteiger partial charge in [0.25, 0.3) is 0 Å². The van der Waals surface area contributed by atoms with Crippen LogP contribution in [0.5, 0.6) is 0 Å². The largest absolute Gasteiger partial charge is 0.355 e. The van der Waals surface area contributed by atoms with Crippen LogP contribution in [0.3, 0.4) is 0 Å². The number of nitrogens with one attached hydrogen (secondary N) is 1. The molecule has 1 saturated heterocycles. The molecule has 4 heteroatoms. The van der Waals surface area contributed by atoms with Gasteiger partial charge in [0.2, 0.25) is 5.91 Å². The lowest BCUT2D eigenvalue weighted by Crippen LogP contribution is -2.56. The first kappa shape index (κ1) is 14.5. The molecule has 1 rings (SSSR count). The predicted molar refractivity (Wildman–Crippen MR) is 70.7 cm³/mol. The monoisotopic (exact) mass is 241 g/mol. The van der Waals surface area contributed by atoms with Gasteiger partial charge in [0.05, 0.1) is 0 Å². The van der Waals surface area contributed by atoms with E-state index in [1.165, 1.54) is 0 Å². The molecule has 0 radical (unpaired) electrons. The standard InChI is InChI=1S/C13H27N3O/c1-10(2)5-8-16-11(9-14)12(17)15-7-6-13(16,3)4/h10-11H,5-9,14H2,1-4H3,(H,15,17). The van der Waals surface area contributed by atoms with Gasteiger partial charge in [0.1, 0.15) is 6.04 Å². The highest BCUT2D eigenvalue weighted by atomic mass is 16.2. The highest BCUT2D eigenvalue weighted by molar-refractivity contribution is 5.82. The summed E-state index contributed by atoms with van der Waals surface area (Å²) in [6, 6.07) is -0.175. The van der Waals surface area contributed by atoms with Gasteiger partial charge in [-0.05, 0) is 39.2 Å². The molecule has 0 aromatic heterocycles. The predicted octanol–water partition coefficient (Wildman–Crippen LogP) is 0.960. The van der Waals surface area contributed by atoms with Gasteiger partial charge in [-0.2, -0.15) is 0 Å². The number of carbonyl (C=O) groups excluding carboxylic acids is 1. The lowest BCUT2D eigenvalue weighted by Gasteiger charge is -2.41. The summed E-state index contributed by atoms with van der Waals surface area (Å²) in [5.74, 6) is 0.734. The highest BCUT2D eigenvalue weighted by Gasteiger charge is 2.37. The van der Waals surface area contributed by atoms with E-state index in [0.29, 0.717) is 12.5 Å². The number of nitrogens with zero attached hydrogens (tertiary/aromatic N) is 1.